The van der Waals surface area contributed by atoms with Crippen molar-refractivity contribution in [3.63, 3.8) is 0 Å². The van der Waals surface area contributed by atoms with Crippen LogP contribution < -0.4 is 15.4 Å². The lowest BCUT2D eigenvalue weighted by molar-refractivity contribution is 0.241. The standard InChI is InChI=1S/C18H22N2O4S/c1-24-17-10-6-5-7-15(17)11-12-19-18(21)20-13-14-25(22,23)16-8-3-2-4-9-16/h2-10H,11-14H2,1H3,(H2,19,20,21). The second-order valence-corrected chi connectivity index (χ2v) is 7.49. The molecular formula is C18H22N2O4S. The van der Waals surface area contributed by atoms with Gasteiger partial charge in [-0.2, -0.15) is 0 Å². The highest BCUT2D eigenvalue weighted by atomic mass is 32.2. The van der Waals surface area contributed by atoms with Gasteiger partial charge in [0, 0.05) is 13.1 Å². The Bertz CT molecular complexity index is 792. The van der Waals surface area contributed by atoms with Crippen LogP contribution in [0.1, 0.15) is 5.56 Å². The summed E-state index contributed by atoms with van der Waals surface area (Å²) in [4.78, 5) is 12.0. The van der Waals surface area contributed by atoms with Crippen molar-refractivity contribution in [2.45, 2.75) is 11.3 Å². The number of sulfone groups is 1. The lowest BCUT2D eigenvalue weighted by atomic mass is 10.1. The summed E-state index contributed by atoms with van der Waals surface area (Å²) >= 11 is 0. The van der Waals surface area contributed by atoms with Gasteiger partial charge in [0.05, 0.1) is 17.8 Å². The van der Waals surface area contributed by atoms with E-state index in [4.69, 9.17) is 4.74 Å². The fourth-order valence-electron chi connectivity index (χ4n) is 2.33. The number of carbonyl (C=O) groups excluding carboxylic acids is 1. The van der Waals surface area contributed by atoms with E-state index in [1.165, 1.54) is 0 Å². The monoisotopic (exact) mass is 362 g/mol. The maximum atomic E-state index is 12.1. The molecule has 25 heavy (non-hydrogen) atoms. The van der Waals surface area contributed by atoms with Gasteiger partial charge in [-0.15, -0.1) is 0 Å². The number of carbonyl (C=O) groups is 1. The van der Waals surface area contributed by atoms with Crippen LogP contribution in [0.2, 0.25) is 0 Å². The Morgan fingerprint density at radius 3 is 2.32 bits per heavy atom. The Labute approximate surface area is 148 Å². The minimum absolute atomic E-state index is 0.0533. The third-order valence-corrected chi connectivity index (χ3v) is 5.36. The van der Waals surface area contributed by atoms with Crippen LogP contribution in [-0.2, 0) is 16.3 Å². The minimum Gasteiger partial charge on any atom is -0.496 e. The van der Waals surface area contributed by atoms with Gasteiger partial charge in [-0.25, -0.2) is 13.2 Å². The van der Waals surface area contributed by atoms with Gasteiger partial charge in [-0.05, 0) is 30.2 Å². The van der Waals surface area contributed by atoms with E-state index in [2.05, 4.69) is 10.6 Å². The number of nitrogens with one attached hydrogen (secondary N) is 2. The van der Waals surface area contributed by atoms with Crippen LogP contribution in [0, 0.1) is 0 Å². The fraction of sp³-hybridized carbons (Fsp3) is 0.278. The van der Waals surface area contributed by atoms with E-state index in [1.54, 1.807) is 37.4 Å². The van der Waals surface area contributed by atoms with E-state index in [9.17, 15) is 13.2 Å². The van der Waals surface area contributed by atoms with Gasteiger partial charge in [0.25, 0.3) is 0 Å². The Morgan fingerprint density at radius 1 is 0.960 bits per heavy atom. The van der Waals surface area contributed by atoms with E-state index >= 15 is 0 Å². The number of amides is 2. The van der Waals surface area contributed by atoms with E-state index in [1.807, 2.05) is 24.3 Å². The Kier molecular flexibility index (Phi) is 6.82. The number of rotatable bonds is 8. The van der Waals surface area contributed by atoms with Crippen molar-refractivity contribution in [2.75, 3.05) is 26.0 Å². The molecule has 0 bridgehead atoms. The number of ether oxygens (including phenoxy) is 1. The molecule has 2 rings (SSSR count). The van der Waals surface area contributed by atoms with Crippen molar-refractivity contribution in [2.24, 2.45) is 0 Å². The Balaban J connectivity index is 1.72. The van der Waals surface area contributed by atoms with Crippen LogP contribution in [-0.4, -0.2) is 40.4 Å². The van der Waals surface area contributed by atoms with Gasteiger partial charge >= 0.3 is 6.03 Å². The number of benzene rings is 2. The minimum atomic E-state index is -3.39. The highest BCUT2D eigenvalue weighted by molar-refractivity contribution is 7.91. The number of hydrogen-bond acceptors (Lipinski definition) is 4. The molecular weight excluding hydrogens is 340 g/mol. The third-order valence-electron chi connectivity index (χ3n) is 3.63. The lowest BCUT2D eigenvalue weighted by Gasteiger charge is -2.10. The zero-order valence-corrected chi connectivity index (χ0v) is 14.9. The van der Waals surface area contributed by atoms with Crippen LogP contribution in [0.25, 0.3) is 0 Å². The molecule has 0 aliphatic rings. The average Bonchev–Trinajstić information content (AvgIpc) is 2.63. The average molecular weight is 362 g/mol. The van der Waals surface area contributed by atoms with Crippen LogP contribution in [0.4, 0.5) is 4.79 Å². The predicted molar refractivity (Wildman–Crippen MR) is 96.6 cm³/mol. The first-order valence-corrected chi connectivity index (χ1v) is 9.59. The molecule has 2 N–H and O–H groups in total. The van der Waals surface area contributed by atoms with Crippen molar-refractivity contribution < 1.29 is 17.9 Å². The molecule has 0 aliphatic heterocycles. The van der Waals surface area contributed by atoms with E-state index in [0.717, 1.165) is 11.3 Å². The SMILES string of the molecule is COc1ccccc1CCNC(=O)NCCS(=O)(=O)c1ccccc1. The summed E-state index contributed by atoms with van der Waals surface area (Å²) in [5.41, 5.74) is 0.997. The van der Waals surface area contributed by atoms with Crippen molar-refractivity contribution in [3.05, 3.63) is 60.2 Å². The van der Waals surface area contributed by atoms with Crippen LogP contribution in [0.15, 0.2) is 59.5 Å². The van der Waals surface area contributed by atoms with E-state index in [-0.39, 0.29) is 17.2 Å². The first-order valence-electron chi connectivity index (χ1n) is 7.94. The van der Waals surface area contributed by atoms with Crippen molar-refractivity contribution >= 4 is 15.9 Å². The van der Waals surface area contributed by atoms with Gasteiger partial charge in [0.1, 0.15) is 5.75 Å². The number of urea groups is 1. The molecule has 0 aromatic heterocycles. The van der Waals surface area contributed by atoms with Gasteiger partial charge < -0.3 is 15.4 Å². The second kappa shape index (κ2) is 9.08. The van der Waals surface area contributed by atoms with E-state index in [0.29, 0.717) is 13.0 Å². The molecule has 0 spiro atoms. The molecule has 2 aromatic rings. The maximum Gasteiger partial charge on any atom is 0.314 e. The molecule has 0 aliphatic carbocycles. The van der Waals surface area contributed by atoms with Crippen LogP contribution in [0.3, 0.4) is 0 Å². The smallest absolute Gasteiger partial charge is 0.314 e. The molecule has 2 amide bonds. The summed E-state index contributed by atoms with van der Waals surface area (Å²) in [5.74, 6) is 0.635. The summed E-state index contributed by atoms with van der Waals surface area (Å²) in [6, 6.07) is 15.4. The highest BCUT2D eigenvalue weighted by Crippen LogP contribution is 2.17. The predicted octanol–water partition coefficient (Wildman–Crippen LogP) is 2.01. The zero-order valence-electron chi connectivity index (χ0n) is 14.1. The summed E-state index contributed by atoms with van der Waals surface area (Å²) in [6.07, 6.45) is 0.625. The van der Waals surface area contributed by atoms with Crippen LogP contribution in [0.5, 0.6) is 5.75 Å². The summed E-state index contributed by atoms with van der Waals surface area (Å²) in [5, 5.41) is 5.27. The van der Waals surface area contributed by atoms with Gasteiger partial charge in [0.15, 0.2) is 9.84 Å². The molecule has 0 atom stereocenters. The largest absolute Gasteiger partial charge is 0.496 e. The second-order valence-electron chi connectivity index (χ2n) is 5.38. The first-order chi connectivity index (χ1) is 12.0. The lowest BCUT2D eigenvalue weighted by Crippen LogP contribution is -2.38. The molecule has 2 aromatic carbocycles. The maximum absolute atomic E-state index is 12.1. The van der Waals surface area contributed by atoms with E-state index < -0.39 is 15.9 Å². The van der Waals surface area contributed by atoms with Gasteiger partial charge in [0.2, 0.25) is 0 Å². The molecule has 0 unspecified atom stereocenters. The molecule has 7 heteroatoms. The van der Waals surface area contributed by atoms with Crippen LogP contribution >= 0.6 is 0 Å². The van der Waals surface area contributed by atoms with Crippen molar-refractivity contribution in [1.29, 1.82) is 0 Å². The van der Waals surface area contributed by atoms with Gasteiger partial charge in [-0.1, -0.05) is 36.4 Å². The zero-order chi connectivity index (χ0) is 18.1. The summed E-state index contributed by atoms with van der Waals surface area (Å²) in [6.45, 7) is 0.482. The molecule has 6 nitrogen and oxygen atoms in total. The van der Waals surface area contributed by atoms with Crippen molar-refractivity contribution in [3.8, 4) is 5.75 Å². The third kappa shape index (κ3) is 5.79. The summed E-state index contributed by atoms with van der Waals surface area (Å²) < 4.78 is 29.4. The number of para-hydroxylation sites is 1. The van der Waals surface area contributed by atoms with Crippen molar-refractivity contribution in [1.82, 2.24) is 10.6 Å². The molecule has 134 valence electrons. The summed E-state index contributed by atoms with van der Waals surface area (Å²) in [7, 11) is -1.78. The molecule has 0 fully saturated rings. The fourth-order valence-corrected chi connectivity index (χ4v) is 3.51. The molecule has 0 radical (unpaired) electrons. The number of hydrogen-bond donors (Lipinski definition) is 2. The highest BCUT2D eigenvalue weighted by Gasteiger charge is 2.13. The number of methoxy groups -OCH3 is 1. The molecule has 0 saturated heterocycles. The molecule has 0 heterocycles. The first kappa shape index (κ1) is 18.8. The van der Waals surface area contributed by atoms with Gasteiger partial charge in [-0.3, -0.25) is 0 Å². The normalized spacial score (nSPS) is 10.9. The molecule has 0 saturated carbocycles. The topological polar surface area (TPSA) is 84.5 Å². The Hall–Kier alpha value is -2.54. The Morgan fingerprint density at radius 2 is 1.60 bits per heavy atom. The quantitative estimate of drug-likeness (QED) is 0.752.